The molecule has 1 aromatic heterocycles. The van der Waals surface area contributed by atoms with Gasteiger partial charge >= 0.3 is 0 Å². The normalized spacial score (nSPS) is 14.3. The van der Waals surface area contributed by atoms with Crippen molar-refractivity contribution in [1.82, 2.24) is 0 Å². The van der Waals surface area contributed by atoms with Crippen LogP contribution in [0.25, 0.3) is 0 Å². The number of halogens is 2. The zero-order valence-electron chi connectivity index (χ0n) is 10.0. The number of nitrogens with zero attached hydrogens (tertiary/aromatic N) is 1. The van der Waals surface area contributed by atoms with Gasteiger partial charge in [-0.1, -0.05) is 0 Å². The molecule has 0 aliphatic carbocycles. The van der Waals surface area contributed by atoms with Gasteiger partial charge in [0.25, 0.3) is 5.91 Å². The Labute approximate surface area is 108 Å². The summed E-state index contributed by atoms with van der Waals surface area (Å²) in [5.41, 5.74) is 0.650. The number of hydrogen-bond donors (Lipinski definition) is 0. The van der Waals surface area contributed by atoms with E-state index in [4.69, 9.17) is 4.42 Å². The summed E-state index contributed by atoms with van der Waals surface area (Å²) in [6.07, 6.45) is 3.72. The van der Waals surface area contributed by atoms with Gasteiger partial charge in [-0.3, -0.25) is 4.79 Å². The van der Waals surface area contributed by atoms with Crippen LogP contribution in [0, 0.1) is 11.6 Å². The minimum Gasteiger partial charge on any atom is -0.472 e. The van der Waals surface area contributed by atoms with Crippen LogP contribution in [0.3, 0.4) is 0 Å². The van der Waals surface area contributed by atoms with Crippen LogP contribution in [0.1, 0.15) is 22.3 Å². The zero-order valence-corrected chi connectivity index (χ0v) is 10.0. The number of carbonyl (C=O) groups is 1. The Kier molecular flexibility index (Phi) is 2.81. The van der Waals surface area contributed by atoms with Gasteiger partial charge in [-0.15, -0.1) is 0 Å². The Morgan fingerprint density at radius 1 is 1.21 bits per heavy atom. The third-order valence-corrected chi connectivity index (χ3v) is 3.27. The van der Waals surface area contributed by atoms with Gasteiger partial charge in [0.05, 0.1) is 17.5 Å². The highest BCUT2D eigenvalue weighted by Gasteiger charge is 2.28. The molecule has 2 aromatic rings. The van der Waals surface area contributed by atoms with Gasteiger partial charge in [0, 0.05) is 12.1 Å². The average Bonchev–Trinajstić information content (AvgIpc) is 2.96. The predicted molar refractivity (Wildman–Crippen MR) is 65.1 cm³/mol. The van der Waals surface area contributed by atoms with Crippen molar-refractivity contribution in [2.45, 2.75) is 12.8 Å². The van der Waals surface area contributed by atoms with Crippen molar-refractivity contribution in [2.75, 3.05) is 11.4 Å². The summed E-state index contributed by atoms with van der Waals surface area (Å²) in [5, 5.41) is 0. The molecule has 0 N–H and O–H groups in total. The third-order valence-electron chi connectivity index (χ3n) is 3.27. The molecule has 0 atom stereocenters. The molecule has 1 aliphatic heterocycles. The van der Waals surface area contributed by atoms with E-state index in [-0.39, 0.29) is 17.2 Å². The highest BCUT2D eigenvalue weighted by atomic mass is 19.1. The minimum absolute atomic E-state index is 0.0532. The summed E-state index contributed by atoms with van der Waals surface area (Å²) >= 11 is 0. The molecule has 5 heteroatoms. The van der Waals surface area contributed by atoms with E-state index in [2.05, 4.69) is 0 Å². The fourth-order valence-electron chi connectivity index (χ4n) is 2.38. The third kappa shape index (κ3) is 1.91. The minimum atomic E-state index is -0.576. The monoisotopic (exact) mass is 263 g/mol. The molecule has 0 fully saturated rings. The highest BCUT2D eigenvalue weighted by molar-refractivity contribution is 6.06. The standard InChI is InChI=1S/C14H11F2NO2/c15-11-3-4-12(16)13-10(11)2-1-6-17(13)14(18)9-5-7-19-8-9/h3-5,7-8H,1-2,6H2. The summed E-state index contributed by atoms with van der Waals surface area (Å²) in [5.74, 6) is -1.42. The molecule has 0 unspecified atom stereocenters. The number of carbonyl (C=O) groups excluding carboxylic acids is 1. The van der Waals surface area contributed by atoms with Crippen molar-refractivity contribution in [1.29, 1.82) is 0 Å². The molecular formula is C14H11F2NO2. The molecule has 1 aromatic carbocycles. The van der Waals surface area contributed by atoms with Crippen molar-refractivity contribution >= 4 is 11.6 Å². The fourth-order valence-corrected chi connectivity index (χ4v) is 2.38. The van der Waals surface area contributed by atoms with Crippen molar-refractivity contribution in [3.63, 3.8) is 0 Å². The smallest absolute Gasteiger partial charge is 0.261 e. The summed E-state index contributed by atoms with van der Waals surface area (Å²) in [6.45, 7) is 0.372. The molecule has 1 aliphatic rings. The Hall–Kier alpha value is -2.17. The summed E-state index contributed by atoms with van der Waals surface area (Å²) in [6, 6.07) is 3.66. The lowest BCUT2D eigenvalue weighted by molar-refractivity contribution is 0.0983. The van der Waals surface area contributed by atoms with Crippen molar-refractivity contribution in [3.05, 3.63) is 53.5 Å². The van der Waals surface area contributed by atoms with Gasteiger partial charge in [0.15, 0.2) is 0 Å². The first-order chi connectivity index (χ1) is 9.18. The Bertz CT molecular complexity index is 623. The van der Waals surface area contributed by atoms with E-state index < -0.39 is 11.6 Å². The molecule has 19 heavy (non-hydrogen) atoms. The Morgan fingerprint density at radius 3 is 2.74 bits per heavy atom. The van der Waals surface area contributed by atoms with Crippen LogP contribution < -0.4 is 4.90 Å². The first kappa shape index (κ1) is 11.9. The van der Waals surface area contributed by atoms with Crippen molar-refractivity contribution in [2.24, 2.45) is 0 Å². The quantitative estimate of drug-likeness (QED) is 0.792. The molecule has 3 nitrogen and oxygen atoms in total. The number of benzene rings is 1. The van der Waals surface area contributed by atoms with Crippen LogP contribution in [-0.2, 0) is 6.42 Å². The van der Waals surface area contributed by atoms with Crippen LogP contribution in [0.4, 0.5) is 14.5 Å². The maximum atomic E-state index is 13.9. The molecule has 0 saturated carbocycles. The number of hydrogen-bond acceptors (Lipinski definition) is 2. The molecule has 0 spiro atoms. The first-order valence-electron chi connectivity index (χ1n) is 5.99. The largest absolute Gasteiger partial charge is 0.472 e. The van der Waals surface area contributed by atoms with Crippen LogP contribution in [0.2, 0.25) is 0 Å². The molecular weight excluding hydrogens is 252 g/mol. The highest BCUT2D eigenvalue weighted by Crippen LogP contribution is 2.33. The predicted octanol–water partition coefficient (Wildman–Crippen LogP) is 3.15. The second-order valence-corrected chi connectivity index (χ2v) is 4.43. The molecule has 3 rings (SSSR count). The lowest BCUT2D eigenvalue weighted by Crippen LogP contribution is -2.36. The maximum absolute atomic E-state index is 13.9. The molecule has 2 heterocycles. The molecule has 98 valence electrons. The maximum Gasteiger partial charge on any atom is 0.261 e. The second-order valence-electron chi connectivity index (χ2n) is 4.43. The SMILES string of the molecule is O=C(c1ccoc1)N1CCCc2c(F)ccc(F)c21. The Balaban J connectivity index is 2.08. The lowest BCUT2D eigenvalue weighted by atomic mass is 10.00. The van der Waals surface area contributed by atoms with E-state index in [1.54, 1.807) is 0 Å². The van der Waals surface area contributed by atoms with E-state index in [0.29, 0.717) is 24.9 Å². The van der Waals surface area contributed by atoms with Crippen molar-refractivity contribution < 1.29 is 18.0 Å². The fraction of sp³-hybridized carbons (Fsp3) is 0.214. The van der Waals surface area contributed by atoms with E-state index in [9.17, 15) is 13.6 Å². The second kappa shape index (κ2) is 4.50. The van der Waals surface area contributed by atoms with Gasteiger partial charge in [0.1, 0.15) is 17.9 Å². The van der Waals surface area contributed by atoms with Gasteiger partial charge in [0.2, 0.25) is 0 Å². The van der Waals surface area contributed by atoms with E-state index in [0.717, 1.165) is 12.1 Å². The molecule has 0 radical (unpaired) electrons. The summed E-state index contributed by atoms with van der Waals surface area (Å²) in [7, 11) is 0. The van der Waals surface area contributed by atoms with Crippen molar-refractivity contribution in [3.8, 4) is 0 Å². The van der Waals surface area contributed by atoms with Crippen LogP contribution in [0.15, 0.2) is 35.1 Å². The molecule has 0 bridgehead atoms. The Morgan fingerprint density at radius 2 is 2.00 bits per heavy atom. The summed E-state index contributed by atoms with van der Waals surface area (Å²) in [4.78, 5) is 13.5. The lowest BCUT2D eigenvalue weighted by Gasteiger charge is -2.29. The number of amides is 1. The van der Waals surface area contributed by atoms with Crippen LogP contribution >= 0.6 is 0 Å². The van der Waals surface area contributed by atoms with E-state index in [1.807, 2.05) is 0 Å². The van der Waals surface area contributed by atoms with Gasteiger partial charge in [-0.25, -0.2) is 8.78 Å². The first-order valence-corrected chi connectivity index (χ1v) is 5.99. The average molecular weight is 263 g/mol. The molecule has 0 saturated heterocycles. The number of anilines is 1. The van der Waals surface area contributed by atoms with Gasteiger partial charge in [-0.2, -0.15) is 0 Å². The zero-order chi connectivity index (χ0) is 13.4. The van der Waals surface area contributed by atoms with Crippen LogP contribution in [0.5, 0.6) is 0 Å². The number of rotatable bonds is 1. The number of fused-ring (bicyclic) bond motifs is 1. The van der Waals surface area contributed by atoms with E-state index in [1.165, 1.54) is 23.5 Å². The van der Waals surface area contributed by atoms with Gasteiger partial charge in [-0.05, 0) is 31.0 Å². The topological polar surface area (TPSA) is 33.5 Å². The van der Waals surface area contributed by atoms with Crippen LogP contribution in [-0.4, -0.2) is 12.5 Å². The van der Waals surface area contributed by atoms with Gasteiger partial charge < -0.3 is 9.32 Å². The van der Waals surface area contributed by atoms with E-state index >= 15 is 0 Å². The molecule has 1 amide bonds. The number of furan rings is 1. The summed E-state index contributed by atoms with van der Waals surface area (Å²) < 4.78 is 32.5.